The number of carbonyl (C=O) groups is 1. The Morgan fingerprint density at radius 1 is 1.09 bits per heavy atom. The number of likely N-dealkylation sites (tertiary alicyclic amines) is 1. The van der Waals surface area contributed by atoms with Crippen LogP contribution < -0.4 is 9.47 Å². The summed E-state index contributed by atoms with van der Waals surface area (Å²) in [5.41, 5.74) is 0.473. The molecule has 0 radical (unpaired) electrons. The third-order valence-electron chi connectivity index (χ3n) is 7.44. The Bertz CT molecular complexity index is 1080. The molecule has 2 fully saturated rings. The number of nitrogens with zero attached hydrogens (tertiary/aromatic N) is 1. The normalized spacial score (nSPS) is 22.0. The number of hydrogen-bond acceptors (Lipinski definition) is 4. The minimum absolute atomic E-state index is 0.0261. The summed E-state index contributed by atoms with van der Waals surface area (Å²) in [6.45, 7) is 1.88. The Labute approximate surface area is 198 Å². The number of benzene rings is 2. The van der Waals surface area contributed by atoms with Gasteiger partial charge in [-0.05, 0) is 68.2 Å². The third-order valence-corrected chi connectivity index (χ3v) is 7.44. The highest BCUT2D eigenvalue weighted by atomic mass is 19.1. The van der Waals surface area contributed by atoms with Gasteiger partial charge in [-0.3, -0.25) is 9.69 Å². The molecular formula is C27H30F3NO3. The van der Waals surface area contributed by atoms with E-state index in [1.54, 1.807) is 13.2 Å². The van der Waals surface area contributed by atoms with E-state index in [1.165, 1.54) is 25.0 Å². The van der Waals surface area contributed by atoms with Gasteiger partial charge in [-0.2, -0.15) is 0 Å². The van der Waals surface area contributed by atoms with Gasteiger partial charge in [0.1, 0.15) is 17.3 Å². The molecule has 1 aliphatic heterocycles. The van der Waals surface area contributed by atoms with Crippen molar-refractivity contribution in [3.8, 4) is 11.5 Å². The fourth-order valence-electron chi connectivity index (χ4n) is 5.16. The molecule has 1 atom stereocenters. The number of hydrogen-bond donors (Lipinski definition) is 0. The van der Waals surface area contributed by atoms with Crippen LogP contribution in [0.15, 0.2) is 30.3 Å². The highest BCUT2D eigenvalue weighted by molar-refractivity contribution is 6.03. The SMILES string of the molecule is COc1cc2c(cc1OCC1CC1)C(=O)C(CC1(F)CCN(Cc3ccc(F)cc3F)CC1)C2. The summed E-state index contributed by atoms with van der Waals surface area (Å²) in [7, 11) is 1.59. The maximum absolute atomic E-state index is 15.8. The van der Waals surface area contributed by atoms with Crippen LogP contribution in [0.5, 0.6) is 11.5 Å². The van der Waals surface area contributed by atoms with Crippen LogP contribution >= 0.6 is 0 Å². The fourth-order valence-corrected chi connectivity index (χ4v) is 5.16. The molecule has 182 valence electrons. The average molecular weight is 474 g/mol. The molecule has 0 spiro atoms. The zero-order valence-electron chi connectivity index (χ0n) is 19.4. The second-order valence-corrected chi connectivity index (χ2v) is 10.0. The quantitative estimate of drug-likeness (QED) is 0.507. The van der Waals surface area contributed by atoms with Crippen LogP contribution in [0, 0.1) is 23.5 Å². The fraction of sp³-hybridized carbons (Fsp3) is 0.519. The molecule has 7 heteroatoms. The van der Waals surface area contributed by atoms with Crippen LogP contribution in [0.25, 0.3) is 0 Å². The number of methoxy groups -OCH3 is 1. The number of piperidine rings is 1. The molecule has 2 aliphatic carbocycles. The molecule has 0 N–H and O–H groups in total. The number of alkyl halides is 1. The highest BCUT2D eigenvalue weighted by Crippen LogP contribution is 2.42. The molecule has 1 heterocycles. The second-order valence-electron chi connectivity index (χ2n) is 10.0. The minimum Gasteiger partial charge on any atom is -0.493 e. The Kier molecular flexibility index (Phi) is 6.32. The van der Waals surface area contributed by atoms with Crippen molar-refractivity contribution in [2.45, 2.75) is 50.7 Å². The summed E-state index contributed by atoms with van der Waals surface area (Å²) in [5.74, 6) is 0.165. The van der Waals surface area contributed by atoms with E-state index >= 15 is 4.39 Å². The van der Waals surface area contributed by atoms with Crippen LogP contribution in [-0.4, -0.2) is 43.2 Å². The van der Waals surface area contributed by atoms with Gasteiger partial charge in [-0.15, -0.1) is 0 Å². The van der Waals surface area contributed by atoms with Gasteiger partial charge in [0.15, 0.2) is 17.3 Å². The second kappa shape index (κ2) is 9.25. The lowest BCUT2D eigenvalue weighted by Crippen LogP contribution is -2.43. The van der Waals surface area contributed by atoms with E-state index in [0.29, 0.717) is 61.2 Å². The molecule has 4 nitrogen and oxygen atoms in total. The molecule has 0 aromatic heterocycles. The van der Waals surface area contributed by atoms with Crippen LogP contribution in [0.3, 0.4) is 0 Å². The van der Waals surface area contributed by atoms with Gasteiger partial charge >= 0.3 is 0 Å². The standard InChI is InChI=1S/C27H30F3NO3/c1-33-24-11-19-10-20(26(32)22(19)13-25(24)34-16-17-2-3-17)14-27(30)6-8-31(9-7-27)15-18-4-5-21(28)12-23(18)29/h4-5,11-13,17,20H,2-3,6-10,14-16H2,1H3. The van der Waals surface area contributed by atoms with Crippen LogP contribution in [-0.2, 0) is 13.0 Å². The van der Waals surface area contributed by atoms with Gasteiger partial charge in [-0.25, -0.2) is 13.2 Å². The third kappa shape index (κ3) is 4.95. The number of ether oxygens (including phenoxy) is 2. The van der Waals surface area contributed by atoms with Crippen molar-refractivity contribution >= 4 is 5.78 Å². The number of rotatable bonds is 8. The number of fused-ring (bicyclic) bond motifs is 1. The molecular weight excluding hydrogens is 443 g/mol. The van der Waals surface area contributed by atoms with E-state index in [-0.39, 0.29) is 25.0 Å². The smallest absolute Gasteiger partial charge is 0.166 e. The molecule has 2 aromatic rings. The molecule has 0 bridgehead atoms. The van der Waals surface area contributed by atoms with Gasteiger partial charge in [0.05, 0.1) is 13.7 Å². The molecule has 1 unspecified atom stereocenters. The summed E-state index contributed by atoms with van der Waals surface area (Å²) in [6.07, 6.45) is 3.60. The Morgan fingerprint density at radius 3 is 2.53 bits per heavy atom. The van der Waals surface area contributed by atoms with Gasteiger partial charge in [0.2, 0.25) is 0 Å². The number of Topliss-reactive ketones (excluding diaryl/α,β-unsaturated/α-hetero) is 1. The summed E-state index contributed by atoms with van der Waals surface area (Å²) < 4.78 is 54.3. The van der Waals surface area contributed by atoms with Crippen LogP contribution in [0.4, 0.5) is 13.2 Å². The van der Waals surface area contributed by atoms with Gasteiger partial charge in [0, 0.05) is 42.7 Å². The summed E-state index contributed by atoms with van der Waals surface area (Å²) in [6, 6.07) is 7.18. The van der Waals surface area contributed by atoms with Crippen molar-refractivity contribution in [1.82, 2.24) is 4.90 Å². The maximum atomic E-state index is 15.8. The van der Waals surface area contributed by atoms with E-state index < -0.39 is 23.2 Å². The first-order chi connectivity index (χ1) is 16.3. The first-order valence-electron chi connectivity index (χ1n) is 12.1. The first kappa shape index (κ1) is 23.2. The summed E-state index contributed by atoms with van der Waals surface area (Å²) in [5, 5.41) is 0. The number of halogens is 3. The van der Waals surface area contributed by atoms with E-state index in [1.807, 2.05) is 11.0 Å². The van der Waals surface area contributed by atoms with Gasteiger partial charge in [0.25, 0.3) is 0 Å². The predicted molar refractivity (Wildman–Crippen MR) is 122 cm³/mol. The first-order valence-corrected chi connectivity index (χ1v) is 12.1. The molecule has 3 aliphatic rings. The maximum Gasteiger partial charge on any atom is 0.166 e. The van der Waals surface area contributed by atoms with Crippen LogP contribution in [0.2, 0.25) is 0 Å². The predicted octanol–water partition coefficient (Wildman–Crippen LogP) is 5.51. The number of carbonyl (C=O) groups excluding carboxylic acids is 1. The van der Waals surface area contributed by atoms with Gasteiger partial charge in [-0.1, -0.05) is 6.07 Å². The zero-order chi connectivity index (χ0) is 23.9. The van der Waals surface area contributed by atoms with Crippen molar-refractivity contribution in [2.24, 2.45) is 11.8 Å². The molecule has 1 saturated carbocycles. The lowest BCUT2D eigenvalue weighted by atomic mass is 9.82. The highest BCUT2D eigenvalue weighted by Gasteiger charge is 2.42. The average Bonchev–Trinajstić information content (AvgIpc) is 3.60. The van der Waals surface area contributed by atoms with Crippen molar-refractivity contribution in [2.75, 3.05) is 26.8 Å². The topological polar surface area (TPSA) is 38.8 Å². The number of ketones is 1. The van der Waals surface area contributed by atoms with E-state index in [4.69, 9.17) is 9.47 Å². The lowest BCUT2D eigenvalue weighted by molar-refractivity contribution is 0.0333. The Hall–Kier alpha value is -2.54. The Morgan fingerprint density at radius 2 is 1.85 bits per heavy atom. The largest absolute Gasteiger partial charge is 0.493 e. The molecule has 34 heavy (non-hydrogen) atoms. The molecule has 5 rings (SSSR count). The van der Waals surface area contributed by atoms with Crippen molar-refractivity contribution in [1.29, 1.82) is 0 Å². The molecule has 1 saturated heterocycles. The minimum atomic E-state index is -1.43. The zero-order valence-corrected chi connectivity index (χ0v) is 19.4. The van der Waals surface area contributed by atoms with Gasteiger partial charge < -0.3 is 9.47 Å². The molecule has 0 amide bonds. The summed E-state index contributed by atoms with van der Waals surface area (Å²) >= 11 is 0. The van der Waals surface area contributed by atoms with Crippen molar-refractivity contribution in [3.05, 3.63) is 58.7 Å². The molecule has 2 aromatic carbocycles. The van der Waals surface area contributed by atoms with Crippen LogP contribution in [0.1, 0.15) is 53.6 Å². The Balaban J connectivity index is 1.20. The van der Waals surface area contributed by atoms with Crippen molar-refractivity contribution in [3.63, 3.8) is 0 Å². The van der Waals surface area contributed by atoms with E-state index in [2.05, 4.69) is 0 Å². The van der Waals surface area contributed by atoms with E-state index in [0.717, 1.165) is 11.6 Å². The summed E-state index contributed by atoms with van der Waals surface area (Å²) in [4.78, 5) is 15.1. The lowest BCUT2D eigenvalue weighted by Gasteiger charge is -2.37. The van der Waals surface area contributed by atoms with E-state index in [9.17, 15) is 13.6 Å². The monoisotopic (exact) mass is 473 g/mol. The van der Waals surface area contributed by atoms with Crippen molar-refractivity contribution < 1.29 is 27.4 Å².